The van der Waals surface area contributed by atoms with Crippen LogP contribution in [0.15, 0.2) is 42.6 Å². The predicted molar refractivity (Wildman–Crippen MR) is 80.6 cm³/mol. The van der Waals surface area contributed by atoms with Gasteiger partial charge < -0.3 is 10.1 Å². The molecule has 0 radical (unpaired) electrons. The van der Waals surface area contributed by atoms with E-state index in [0.717, 1.165) is 22.8 Å². The highest BCUT2D eigenvalue weighted by Gasteiger charge is 2.09. The van der Waals surface area contributed by atoms with Crippen LogP contribution in [-0.2, 0) is 0 Å². The normalized spacial score (nSPS) is 10.1. The van der Waals surface area contributed by atoms with Gasteiger partial charge in [0.1, 0.15) is 0 Å². The fourth-order valence-electron chi connectivity index (χ4n) is 2.14. The lowest BCUT2D eigenvalue weighted by Crippen LogP contribution is -1.95. The summed E-state index contributed by atoms with van der Waals surface area (Å²) in [5.41, 5.74) is 3.04. The summed E-state index contributed by atoms with van der Waals surface area (Å²) in [6.45, 7) is 0. The highest BCUT2D eigenvalue weighted by atomic mass is 16.4. The molecule has 1 aromatic carbocycles. The number of nitrogens with zero attached hydrogens (tertiary/aromatic N) is 1. The van der Waals surface area contributed by atoms with E-state index in [-0.39, 0.29) is 13.0 Å². The lowest BCUT2D eigenvalue weighted by molar-refractivity contribution is 0.0696. The third-order valence-electron chi connectivity index (χ3n) is 3.10. The molecule has 2 heterocycles. The number of nitrogens with one attached hydrogen (secondary N) is 1. The van der Waals surface area contributed by atoms with Gasteiger partial charge in [-0.1, -0.05) is 19.6 Å². The highest BCUT2D eigenvalue weighted by molar-refractivity contribution is 5.97. The van der Waals surface area contributed by atoms with E-state index < -0.39 is 5.97 Å². The monoisotopic (exact) mass is 282 g/mol. The number of carbonyl (C=O) groups is 2. The molecule has 0 spiro atoms. The molecule has 5 heteroatoms. The zero-order valence-corrected chi connectivity index (χ0v) is 10.3. The fourth-order valence-corrected chi connectivity index (χ4v) is 2.14. The van der Waals surface area contributed by atoms with Crippen LogP contribution in [0, 0.1) is 0 Å². The average molecular weight is 282 g/mol. The number of carboxylic acids is 1. The summed E-state index contributed by atoms with van der Waals surface area (Å²) in [5, 5.41) is 9.72. The van der Waals surface area contributed by atoms with Crippen LogP contribution in [0.2, 0.25) is 0 Å². The van der Waals surface area contributed by atoms with Crippen LogP contribution in [0.1, 0.15) is 28.3 Å². The van der Waals surface area contributed by atoms with Crippen LogP contribution < -0.4 is 0 Å². The van der Waals surface area contributed by atoms with Gasteiger partial charge in [0.05, 0.1) is 17.0 Å². The van der Waals surface area contributed by atoms with Crippen molar-refractivity contribution >= 4 is 23.2 Å². The molecule has 0 aliphatic heterocycles. The number of aromatic amines is 1. The number of carbonyl (C=O) groups excluding carboxylic acids is 1. The Morgan fingerprint density at radius 3 is 2.52 bits per heavy atom. The Labute approximate surface area is 121 Å². The molecule has 0 amide bonds. The number of benzene rings is 1. The number of H-pyrrole nitrogens is 1. The van der Waals surface area contributed by atoms with E-state index in [4.69, 9.17) is 5.11 Å². The minimum Gasteiger partial charge on any atom is -0.478 e. The maximum Gasteiger partial charge on any atom is 0.335 e. The lowest BCUT2D eigenvalue weighted by Gasteiger charge is -2.03. The summed E-state index contributed by atoms with van der Waals surface area (Å²) in [4.78, 5) is 29.0. The van der Waals surface area contributed by atoms with E-state index in [2.05, 4.69) is 9.97 Å². The molecule has 0 saturated carbocycles. The first-order valence-corrected chi connectivity index (χ1v) is 5.95. The molecule has 21 heavy (non-hydrogen) atoms. The van der Waals surface area contributed by atoms with Crippen molar-refractivity contribution in [3.8, 4) is 11.3 Å². The molecule has 3 rings (SSSR count). The number of pyridine rings is 1. The summed E-state index contributed by atoms with van der Waals surface area (Å²) in [6.07, 6.45) is 2.39. The molecule has 2 aromatic heterocycles. The van der Waals surface area contributed by atoms with Crippen molar-refractivity contribution in [2.24, 2.45) is 0 Å². The molecule has 106 valence electrons. The Balaban J connectivity index is 0.00000161. The average Bonchev–Trinajstić information content (AvgIpc) is 2.90. The maximum absolute atomic E-state index is 10.8. The minimum atomic E-state index is -0.965. The maximum atomic E-state index is 10.8. The molecule has 2 N–H and O–H groups in total. The van der Waals surface area contributed by atoms with Crippen molar-refractivity contribution in [2.75, 3.05) is 0 Å². The molecule has 0 saturated heterocycles. The van der Waals surface area contributed by atoms with E-state index >= 15 is 0 Å². The van der Waals surface area contributed by atoms with Gasteiger partial charge in [-0.15, -0.1) is 0 Å². The first-order valence-electron chi connectivity index (χ1n) is 5.95. The van der Waals surface area contributed by atoms with Crippen LogP contribution in [0.25, 0.3) is 22.2 Å². The van der Waals surface area contributed by atoms with Crippen LogP contribution in [-0.4, -0.2) is 27.3 Å². The molecular weight excluding hydrogens is 268 g/mol. The van der Waals surface area contributed by atoms with E-state index in [1.807, 2.05) is 0 Å². The Morgan fingerprint density at radius 1 is 1.19 bits per heavy atom. The number of aldehydes is 1. The van der Waals surface area contributed by atoms with Gasteiger partial charge in [0.2, 0.25) is 0 Å². The van der Waals surface area contributed by atoms with Gasteiger partial charge in [-0.2, -0.15) is 0 Å². The number of rotatable bonds is 3. The third-order valence-corrected chi connectivity index (χ3v) is 3.10. The van der Waals surface area contributed by atoms with Gasteiger partial charge in [0, 0.05) is 22.7 Å². The van der Waals surface area contributed by atoms with Gasteiger partial charge in [0.15, 0.2) is 6.29 Å². The number of hydrogen-bond acceptors (Lipinski definition) is 3. The van der Waals surface area contributed by atoms with Crippen molar-refractivity contribution in [1.29, 1.82) is 0 Å². The van der Waals surface area contributed by atoms with Crippen LogP contribution in [0.3, 0.4) is 0 Å². The summed E-state index contributed by atoms with van der Waals surface area (Å²) < 4.78 is 0. The van der Waals surface area contributed by atoms with Crippen LogP contribution in [0.4, 0.5) is 0 Å². The first-order chi connectivity index (χ1) is 9.69. The van der Waals surface area contributed by atoms with Gasteiger partial charge >= 0.3 is 5.97 Å². The zero-order chi connectivity index (χ0) is 14.1. The molecule has 0 atom stereocenters. The summed E-state index contributed by atoms with van der Waals surface area (Å²) in [5.74, 6) is -0.965. The zero-order valence-electron chi connectivity index (χ0n) is 10.3. The van der Waals surface area contributed by atoms with Crippen LogP contribution in [0.5, 0.6) is 0 Å². The Hall–Kier alpha value is -2.95. The van der Waals surface area contributed by atoms with Crippen molar-refractivity contribution < 1.29 is 14.7 Å². The number of carboxylic acid groups (broad SMARTS) is 1. The van der Waals surface area contributed by atoms with E-state index in [0.29, 0.717) is 11.4 Å². The van der Waals surface area contributed by atoms with E-state index in [9.17, 15) is 9.59 Å². The molecule has 0 aliphatic rings. The predicted octanol–water partition coefficient (Wildman–Crippen LogP) is 3.38. The summed E-state index contributed by atoms with van der Waals surface area (Å²) in [6, 6.07) is 10.0. The van der Waals surface area contributed by atoms with E-state index in [1.54, 1.807) is 30.5 Å². The summed E-state index contributed by atoms with van der Waals surface area (Å²) >= 11 is 0. The van der Waals surface area contributed by atoms with Crippen LogP contribution >= 0.6 is 0 Å². The summed E-state index contributed by atoms with van der Waals surface area (Å²) in [7, 11) is 0. The molecule has 0 bridgehead atoms. The molecule has 0 unspecified atom stereocenters. The van der Waals surface area contributed by atoms with Gasteiger partial charge in [-0.05, 0) is 24.3 Å². The number of fused-ring (bicyclic) bond motifs is 1. The second kappa shape index (κ2) is 5.58. The topological polar surface area (TPSA) is 83.1 Å². The third kappa shape index (κ3) is 2.53. The number of aromatic nitrogens is 2. The fraction of sp³-hybridized carbons (Fsp3) is 0.0625. The first kappa shape index (κ1) is 14.5. The lowest BCUT2D eigenvalue weighted by atomic mass is 10.1. The van der Waals surface area contributed by atoms with Gasteiger partial charge in [-0.25, -0.2) is 4.79 Å². The van der Waals surface area contributed by atoms with Crippen molar-refractivity contribution in [2.45, 2.75) is 7.43 Å². The Bertz CT molecular complexity index is 804. The highest BCUT2D eigenvalue weighted by Crippen LogP contribution is 2.27. The molecule has 3 aromatic rings. The Kier molecular flexibility index (Phi) is 3.84. The molecular formula is C16H14N2O3. The van der Waals surface area contributed by atoms with E-state index in [1.165, 1.54) is 12.1 Å². The number of hydrogen-bond donors (Lipinski definition) is 2. The quantitative estimate of drug-likeness (QED) is 0.721. The van der Waals surface area contributed by atoms with Crippen molar-refractivity contribution in [3.63, 3.8) is 0 Å². The molecule has 0 fully saturated rings. The molecule has 0 aliphatic carbocycles. The SMILES string of the molecule is C.O=Cc1cc2c(-c3ccc(C(=O)O)cc3)nccc2[nH]1. The minimum absolute atomic E-state index is 0. The Morgan fingerprint density at radius 2 is 1.90 bits per heavy atom. The van der Waals surface area contributed by atoms with Gasteiger partial charge in [-0.3, -0.25) is 9.78 Å². The smallest absolute Gasteiger partial charge is 0.335 e. The second-order valence-corrected chi connectivity index (χ2v) is 4.35. The van der Waals surface area contributed by atoms with Crippen molar-refractivity contribution in [3.05, 3.63) is 53.9 Å². The second-order valence-electron chi connectivity index (χ2n) is 4.35. The largest absolute Gasteiger partial charge is 0.478 e. The van der Waals surface area contributed by atoms with Gasteiger partial charge in [0.25, 0.3) is 0 Å². The number of aromatic carboxylic acids is 1. The standard InChI is InChI=1S/C15H10N2O3.CH4/c18-8-11-7-12-13(17-11)5-6-16-14(12)9-1-3-10(4-2-9)15(19)20;/h1-8,17H,(H,19,20);1H4. The molecule has 5 nitrogen and oxygen atoms in total. The van der Waals surface area contributed by atoms with Crippen molar-refractivity contribution in [1.82, 2.24) is 9.97 Å².